The highest BCUT2D eigenvalue weighted by Gasteiger charge is 2.16. The van der Waals surface area contributed by atoms with Crippen LogP contribution in [0.4, 0.5) is 8.78 Å². The number of halogens is 3. The van der Waals surface area contributed by atoms with Crippen LogP contribution in [0.1, 0.15) is 12.5 Å². The van der Waals surface area contributed by atoms with E-state index in [-0.39, 0.29) is 4.47 Å². The summed E-state index contributed by atoms with van der Waals surface area (Å²) >= 11 is 3.04. The number of piperazine rings is 1. The smallest absolute Gasteiger partial charge is 0.172 e. The van der Waals surface area contributed by atoms with Gasteiger partial charge in [0.25, 0.3) is 0 Å². The molecule has 5 heteroatoms. The van der Waals surface area contributed by atoms with Crippen molar-refractivity contribution < 1.29 is 8.78 Å². The molecule has 0 N–H and O–H groups in total. The zero-order valence-electron chi connectivity index (χ0n) is 10.4. The van der Waals surface area contributed by atoms with Crippen molar-refractivity contribution in [1.29, 1.82) is 0 Å². The Kier molecular flexibility index (Phi) is 4.70. The van der Waals surface area contributed by atoms with Crippen molar-refractivity contribution in [3.63, 3.8) is 0 Å². The fourth-order valence-electron chi connectivity index (χ4n) is 2.22. The van der Waals surface area contributed by atoms with Crippen LogP contribution < -0.4 is 0 Å². The molecule has 0 saturated carbocycles. The lowest BCUT2D eigenvalue weighted by Crippen LogP contribution is -2.45. The van der Waals surface area contributed by atoms with Crippen LogP contribution in [0.5, 0.6) is 0 Å². The summed E-state index contributed by atoms with van der Waals surface area (Å²) in [6.45, 7) is 7.94. The van der Waals surface area contributed by atoms with Gasteiger partial charge in [-0.2, -0.15) is 0 Å². The molecule has 1 fully saturated rings. The van der Waals surface area contributed by atoms with E-state index >= 15 is 0 Å². The molecule has 0 atom stereocenters. The van der Waals surface area contributed by atoms with Crippen LogP contribution in [0, 0.1) is 11.6 Å². The molecule has 1 saturated heterocycles. The predicted molar refractivity (Wildman–Crippen MR) is 71.4 cm³/mol. The summed E-state index contributed by atoms with van der Waals surface area (Å²) in [6, 6.07) is 2.94. The van der Waals surface area contributed by atoms with Gasteiger partial charge in [-0.1, -0.05) is 6.92 Å². The Labute approximate surface area is 115 Å². The molecule has 0 radical (unpaired) electrons. The molecule has 0 amide bonds. The first kappa shape index (κ1) is 13.9. The quantitative estimate of drug-likeness (QED) is 0.791. The number of benzene rings is 1. The summed E-state index contributed by atoms with van der Waals surface area (Å²) < 4.78 is 26.6. The Bertz CT molecular complexity index is 394. The van der Waals surface area contributed by atoms with Gasteiger partial charge in [-0.3, -0.25) is 4.90 Å². The van der Waals surface area contributed by atoms with E-state index in [9.17, 15) is 8.78 Å². The normalized spacial score (nSPS) is 18.2. The van der Waals surface area contributed by atoms with Crippen LogP contribution in [0.15, 0.2) is 16.6 Å². The average Bonchev–Trinajstić information content (AvgIpc) is 2.37. The monoisotopic (exact) mass is 318 g/mol. The second-order valence-corrected chi connectivity index (χ2v) is 5.44. The van der Waals surface area contributed by atoms with Gasteiger partial charge in [-0.05, 0) is 40.2 Å². The maximum absolute atomic E-state index is 13.3. The Hall–Kier alpha value is -0.520. The topological polar surface area (TPSA) is 6.48 Å². The van der Waals surface area contributed by atoms with E-state index in [0.29, 0.717) is 6.54 Å². The van der Waals surface area contributed by atoms with Crippen LogP contribution in [-0.2, 0) is 6.54 Å². The molecule has 0 aromatic heterocycles. The molecule has 0 spiro atoms. The lowest BCUT2D eigenvalue weighted by Gasteiger charge is -2.34. The molecule has 0 bridgehead atoms. The van der Waals surface area contributed by atoms with Gasteiger partial charge >= 0.3 is 0 Å². The molecule has 0 unspecified atom stereocenters. The molecular weight excluding hydrogens is 302 g/mol. The van der Waals surface area contributed by atoms with Gasteiger partial charge in [0.1, 0.15) is 0 Å². The number of likely N-dealkylation sites (N-methyl/N-ethyl adjacent to an activating group) is 1. The standard InChI is InChI=1S/C13H17BrF2N2/c1-2-17-3-5-18(6-4-17)9-10-7-11(14)13(16)12(15)8-10/h7-8H,2-6,9H2,1H3. The second kappa shape index (κ2) is 6.08. The first-order valence-electron chi connectivity index (χ1n) is 6.18. The third-order valence-corrected chi connectivity index (χ3v) is 3.94. The average molecular weight is 319 g/mol. The Morgan fingerprint density at radius 1 is 1.11 bits per heavy atom. The third kappa shape index (κ3) is 3.28. The van der Waals surface area contributed by atoms with Crippen molar-refractivity contribution in [2.24, 2.45) is 0 Å². The van der Waals surface area contributed by atoms with E-state index in [2.05, 4.69) is 32.7 Å². The van der Waals surface area contributed by atoms with Gasteiger partial charge < -0.3 is 4.90 Å². The minimum atomic E-state index is -0.811. The summed E-state index contributed by atoms with van der Waals surface area (Å²) in [5, 5.41) is 0. The van der Waals surface area contributed by atoms with Crippen LogP contribution in [-0.4, -0.2) is 42.5 Å². The Balaban J connectivity index is 1.98. The van der Waals surface area contributed by atoms with E-state index in [1.807, 2.05) is 0 Å². The minimum Gasteiger partial charge on any atom is -0.301 e. The third-order valence-electron chi connectivity index (χ3n) is 3.36. The molecular formula is C13H17BrF2N2. The Morgan fingerprint density at radius 3 is 2.28 bits per heavy atom. The van der Waals surface area contributed by atoms with Gasteiger partial charge in [0.15, 0.2) is 11.6 Å². The van der Waals surface area contributed by atoms with E-state index in [1.165, 1.54) is 6.07 Å². The lowest BCUT2D eigenvalue weighted by molar-refractivity contribution is 0.132. The van der Waals surface area contributed by atoms with E-state index in [1.54, 1.807) is 6.07 Å². The molecule has 1 aliphatic heterocycles. The highest BCUT2D eigenvalue weighted by Crippen LogP contribution is 2.21. The summed E-state index contributed by atoms with van der Waals surface area (Å²) in [6.07, 6.45) is 0. The van der Waals surface area contributed by atoms with Crippen molar-refractivity contribution in [1.82, 2.24) is 9.80 Å². The molecule has 1 aliphatic rings. The van der Waals surface area contributed by atoms with E-state index in [4.69, 9.17) is 0 Å². The maximum atomic E-state index is 13.3. The van der Waals surface area contributed by atoms with Crippen molar-refractivity contribution in [2.45, 2.75) is 13.5 Å². The number of hydrogen-bond acceptors (Lipinski definition) is 2. The predicted octanol–water partition coefficient (Wildman–Crippen LogP) is 2.86. The molecule has 1 heterocycles. The minimum absolute atomic E-state index is 0.199. The Morgan fingerprint density at radius 2 is 1.72 bits per heavy atom. The number of rotatable bonds is 3. The largest absolute Gasteiger partial charge is 0.301 e. The second-order valence-electron chi connectivity index (χ2n) is 4.58. The molecule has 2 nitrogen and oxygen atoms in total. The van der Waals surface area contributed by atoms with Crippen molar-refractivity contribution in [3.8, 4) is 0 Å². The fraction of sp³-hybridized carbons (Fsp3) is 0.538. The molecule has 0 aliphatic carbocycles. The first-order chi connectivity index (χ1) is 8.60. The molecule has 100 valence electrons. The molecule has 1 aromatic rings. The first-order valence-corrected chi connectivity index (χ1v) is 6.97. The number of nitrogens with zero attached hydrogens (tertiary/aromatic N) is 2. The summed E-state index contributed by atoms with van der Waals surface area (Å²) in [5.41, 5.74) is 0.811. The summed E-state index contributed by atoms with van der Waals surface area (Å²) in [5.74, 6) is -1.60. The zero-order valence-corrected chi connectivity index (χ0v) is 12.0. The van der Waals surface area contributed by atoms with Crippen LogP contribution in [0.25, 0.3) is 0 Å². The van der Waals surface area contributed by atoms with Crippen molar-refractivity contribution in [3.05, 3.63) is 33.8 Å². The summed E-state index contributed by atoms with van der Waals surface area (Å²) in [4.78, 5) is 4.66. The summed E-state index contributed by atoms with van der Waals surface area (Å²) in [7, 11) is 0. The fourth-order valence-corrected chi connectivity index (χ4v) is 2.70. The van der Waals surface area contributed by atoms with Gasteiger partial charge in [0.2, 0.25) is 0 Å². The van der Waals surface area contributed by atoms with Gasteiger partial charge in [0.05, 0.1) is 4.47 Å². The lowest BCUT2D eigenvalue weighted by atomic mass is 10.2. The molecule has 2 rings (SSSR count). The maximum Gasteiger partial charge on any atom is 0.172 e. The SMILES string of the molecule is CCN1CCN(Cc2cc(F)c(F)c(Br)c2)CC1. The van der Waals surface area contributed by atoms with Crippen LogP contribution >= 0.6 is 15.9 Å². The van der Waals surface area contributed by atoms with Gasteiger partial charge in [-0.15, -0.1) is 0 Å². The van der Waals surface area contributed by atoms with Crippen LogP contribution in [0.2, 0.25) is 0 Å². The molecule has 1 aromatic carbocycles. The highest BCUT2D eigenvalue weighted by molar-refractivity contribution is 9.10. The van der Waals surface area contributed by atoms with Crippen molar-refractivity contribution >= 4 is 15.9 Å². The van der Waals surface area contributed by atoms with E-state index < -0.39 is 11.6 Å². The highest BCUT2D eigenvalue weighted by atomic mass is 79.9. The molecule has 18 heavy (non-hydrogen) atoms. The van der Waals surface area contributed by atoms with Crippen molar-refractivity contribution in [2.75, 3.05) is 32.7 Å². The van der Waals surface area contributed by atoms with Crippen LogP contribution in [0.3, 0.4) is 0 Å². The van der Waals surface area contributed by atoms with E-state index in [0.717, 1.165) is 38.3 Å². The zero-order chi connectivity index (χ0) is 13.1. The van der Waals surface area contributed by atoms with Gasteiger partial charge in [0, 0.05) is 32.7 Å². The van der Waals surface area contributed by atoms with Gasteiger partial charge in [-0.25, -0.2) is 8.78 Å². The number of hydrogen-bond donors (Lipinski definition) is 0.